The number of benzene rings is 1. The van der Waals surface area contributed by atoms with Crippen LogP contribution in [0.4, 0.5) is 26.3 Å². The highest BCUT2D eigenvalue weighted by Crippen LogP contribution is 2.38. The molecule has 0 spiro atoms. The van der Waals surface area contributed by atoms with Crippen LogP contribution in [0.2, 0.25) is 0 Å². The molecule has 9 heteroatoms. The predicted octanol–water partition coefficient (Wildman–Crippen LogP) is 4.14. The molecule has 20 heavy (non-hydrogen) atoms. The molecule has 0 aliphatic carbocycles. The first kappa shape index (κ1) is 14.6. The maximum absolute atomic E-state index is 12.6. The Morgan fingerprint density at radius 2 is 1.40 bits per heavy atom. The zero-order chi connectivity index (χ0) is 15.1. The van der Waals surface area contributed by atoms with E-state index in [0.29, 0.717) is 23.5 Å². The van der Waals surface area contributed by atoms with E-state index in [4.69, 9.17) is 0 Å². The van der Waals surface area contributed by atoms with Crippen molar-refractivity contribution in [2.45, 2.75) is 12.4 Å². The zero-order valence-electron chi connectivity index (χ0n) is 9.39. The Balaban J connectivity index is 2.66. The van der Waals surface area contributed by atoms with Gasteiger partial charge in [-0.1, -0.05) is 11.3 Å². The van der Waals surface area contributed by atoms with Crippen LogP contribution in [0.25, 0.3) is 11.3 Å². The SMILES string of the molecule is O=c1[nH]c(-c2cc(C(F)(F)F)cc(C(F)(F)F)c2)cs1. The van der Waals surface area contributed by atoms with Gasteiger partial charge in [0, 0.05) is 10.9 Å². The van der Waals surface area contributed by atoms with E-state index in [1.54, 1.807) is 0 Å². The fraction of sp³-hybridized carbons (Fsp3) is 0.182. The minimum Gasteiger partial charge on any atom is -0.312 e. The lowest BCUT2D eigenvalue weighted by molar-refractivity contribution is -0.143. The van der Waals surface area contributed by atoms with Crippen LogP contribution in [-0.4, -0.2) is 4.98 Å². The molecule has 2 aromatic rings. The second-order valence-electron chi connectivity index (χ2n) is 3.86. The van der Waals surface area contributed by atoms with Crippen molar-refractivity contribution in [2.24, 2.45) is 0 Å². The van der Waals surface area contributed by atoms with Crippen molar-refractivity contribution in [1.82, 2.24) is 4.98 Å². The van der Waals surface area contributed by atoms with Gasteiger partial charge in [0.15, 0.2) is 0 Å². The number of alkyl halides is 6. The Labute approximate surface area is 111 Å². The molecule has 0 bridgehead atoms. The lowest BCUT2D eigenvalue weighted by Crippen LogP contribution is -2.11. The highest BCUT2D eigenvalue weighted by molar-refractivity contribution is 7.07. The Morgan fingerprint density at radius 3 is 1.75 bits per heavy atom. The summed E-state index contributed by atoms with van der Waals surface area (Å²) in [7, 11) is 0. The first-order valence-electron chi connectivity index (χ1n) is 5.05. The van der Waals surface area contributed by atoms with Gasteiger partial charge in [-0.15, -0.1) is 0 Å². The summed E-state index contributed by atoms with van der Waals surface area (Å²) in [5.74, 6) is 0. The van der Waals surface area contributed by atoms with E-state index in [1.165, 1.54) is 0 Å². The van der Waals surface area contributed by atoms with Crippen molar-refractivity contribution >= 4 is 11.3 Å². The van der Waals surface area contributed by atoms with Crippen LogP contribution in [0.3, 0.4) is 0 Å². The maximum Gasteiger partial charge on any atom is 0.416 e. The third kappa shape index (κ3) is 3.03. The van der Waals surface area contributed by atoms with E-state index in [-0.39, 0.29) is 17.3 Å². The number of H-pyrrole nitrogens is 1. The van der Waals surface area contributed by atoms with Crippen LogP contribution >= 0.6 is 11.3 Å². The summed E-state index contributed by atoms with van der Waals surface area (Å²) in [4.78, 5) is 12.6. The summed E-state index contributed by atoms with van der Waals surface area (Å²) in [5.41, 5.74) is -3.27. The van der Waals surface area contributed by atoms with Crippen molar-refractivity contribution in [3.8, 4) is 11.3 Å². The normalized spacial score (nSPS) is 12.7. The molecule has 108 valence electrons. The molecule has 0 radical (unpaired) electrons. The lowest BCUT2D eigenvalue weighted by Gasteiger charge is -2.13. The molecule has 0 aliphatic heterocycles. The van der Waals surface area contributed by atoms with E-state index in [1.807, 2.05) is 0 Å². The molecule has 2 rings (SSSR count). The monoisotopic (exact) mass is 313 g/mol. The molecule has 0 amide bonds. The second-order valence-corrected chi connectivity index (χ2v) is 4.70. The van der Waals surface area contributed by atoms with Gasteiger partial charge < -0.3 is 4.98 Å². The molecule has 0 atom stereocenters. The molecule has 1 aromatic carbocycles. The number of thiazole rings is 1. The minimum absolute atomic E-state index is 0.0357. The Kier molecular flexibility index (Phi) is 3.41. The molecule has 2 nitrogen and oxygen atoms in total. The number of aromatic nitrogens is 1. The highest BCUT2D eigenvalue weighted by atomic mass is 32.1. The number of hydrogen-bond acceptors (Lipinski definition) is 2. The molecular weight excluding hydrogens is 308 g/mol. The van der Waals surface area contributed by atoms with Crippen molar-refractivity contribution in [3.63, 3.8) is 0 Å². The number of halogens is 6. The van der Waals surface area contributed by atoms with Gasteiger partial charge in [0.2, 0.25) is 0 Å². The summed E-state index contributed by atoms with van der Waals surface area (Å²) in [6.45, 7) is 0. The summed E-state index contributed by atoms with van der Waals surface area (Å²) < 4.78 is 75.7. The van der Waals surface area contributed by atoms with Crippen molar-refractivity contribution in [2.75, 3.05) is 0 Å². The van der Waals surface area contributed by atoms with E-state index >= 15 is 0 Å². The fourth-order valence-corrected chi connectivity index (χ4v) is 2.12. The van der Waals surface area contributed by atoms with Crippen molar-refractivity contribution in [1.29, 1.82) is 0 Å². The average molecular weight is 313 g/mol. The smallest absolute Gasteiger partial charge is 0.312 e. The maximum atomic E-state index is 12.6. The molecule has 0 aliphatic rings. The molecule has 0 saturated heterocycles. The Morgan fingerprint density at radius 1 is 0.900 bits per heavy atom. The summed E-state index contributed by atoms with van der Waals surface area (Å²) in [6, 6.07) is 1.16. The van der Waals surface area contributed by atoms with Gasteiger partial charge in [0.05, 0.1) is 16.8 Å². The molecule has 1 N–H and O–H groups in total. The van der Waals surface area contributed by atoms with Gasteiger partial charge in [-0.05, 0) is 18.2 Å². The third-order valence-corrected chi connectivity index (χ3v) is 3.09. The first-order chi connectivity index (χ1) is 9.07. The van der Waals surface area contributed by atoms with Crippen LogP contribution in [0.1, 0.15) is 11.1 Å². The van der Waals surface area contributed by atoms with E-state index in [2.05, 4.69) is 4.98 Å². The average Bonchev–Trinajstić information content (AvgIpc) is 2.73. The van der Waals surface area contributed by atoms with Crippen molar-refractivity contribution < 1.29 is 26.3 Å². The van der Waals surface area contributed by atoms with E-state index < -0.39 is 28.4 Å². The quantitative estimate of drug-likeness (QED) is 0.789. The number of aromatic amines is 1. The minimum atomic E-state index is -4.91. The van der Waals surface area contributed by atoms with E-state index in [9.17, 15) is 31.1 Å². The van der Waals surface area contributed by atoms with Crippen LogP contribution < -0.4 is 4.87 Å². The molecule has 1 aromatic heterocycles. The second kappa shape index (κ2) is 4.65. The Hall–Kier alpha value is -1.77. The summed E-state index contributed by atoms with van der Waals surface area (Å²) in [5, 5.41) is 1.16. The number of nitrogens with one attached hydrogen (secondary N) is 1. The largest absolute Gasteiger partial charge is 0.416 e. The first-order valence-corrected chi connectivity index (χ1v) is 5.93. The molecule has 0 unspecified atom stereocenters. The molecule has 0 fully saturated rings. The van der Waals surface area contributed by atoms with Gasteiger partial charge in [0.1, 0.15) is 0 Å². The van der Waals surface area contributed by atoms with Crippen LogP contribution in [0.5, 0.6) is 0 Å². The Bertz CT molecular complexity index is 649. The van der Waals surface area contributed by atoms with Gasteiger partial charge in [0.25, 0.3) is 0 Å². The van der Waals surface area contributed by atoms with Gasteiger partial charge in [-0.2, -0.15) is 26.3 Å². The van der Waals surface area contributed by atoms with Gasteiger partial charge in [-0.25, -0.2) is 0 Å². The van der Waals surface area contributed by atoms with Gasteiger partial charge in [-0.3, -0.25) is 4.79 Å². The topological polar surface area (TPSA) is 32.9 Å². The van der Waals surface area contributed by atoms with Crippen LogP contribution in [0.15, 0.2) is 28.4 Å². The number of rotatable bonds is 1. The van der Waals surface area contributed by atoms with Gasteiger partial charge >= 0.3 is 17.2 Å². The third-order valence-electron chi connectivity index (χ3n) is 2.42. The van der Waals surface area contributed by atoms with Crippen LogP contribution in [0, 0.1) is 0 Å². The zero-order valence-corrected chi connectivity index (χ0v) is 10.2. The predicted molar refractivity (Wildman–Crippen MR) is 60.4 cm³/mol. The molecular formula is C11H5F6NOS. The highest BCUT2D eigenvalue weighted by Gasteiger charge is 2.37. The lowest BCUT2D eigenvalue weighted by atomic mass is 10.0. The summed E-state index contributed by atoms with van der Waals surface area (Å²) in [6.07, 6.45) is -9.82. The molecule has 0 saturated carbocycles. The van der Waals surface area contributed by atoms with E-state index in [0.717, 1.165) is 5.38 Å². The standard InChI is InChI=1S/C11H5F6NOS/c12-10(13,14)6-1-5(8-4-20-9(19)18-8)2-7(3-6)11(15,16)17/h1-4H,(H,18,19). The molecule has 1 heterocycles. The van der Waals surface area contributed by atoms with Crippen molar-refractivity contribution in [3.05, 3.63) is 44.4 Å². The van der Waals surface area contributed by atoms with Crippen LogP contribution in [-0.2, 0) is 12.4 Å². The fourth-order valence-electron chi connectivity index (χ4n) is 1.53. The number of hydrogen-bond donors (Lipinski definition) is 1. The summed E-state index contributed by atoms with van der Waals surface area (Å²) >= 11 is 0.652.